The molecule has 1 N–H and O–H groups in total. The molecule has 2 aliphatic rings. The van der Waals surface area contributed by atoms with Gasteiger partial charge in [0.2, 0.25) is 17.7 Å². The lowest BCUT2D eigenvalue weighted by molar-refractivity contribution is -0.137. The topological polar surface area (TPSA) is 102 Å². The lowest BCUT2D eigenvalue weighted by Crippen LogP contribution is -2.32. The van der Waals surface area contributed by atoms with Gasteiger partial charge in [-0.3, -0.25) is 23.7 Å². The summed E-state index contributed by atoms with van der Waals surface area (Å²) in [7, 11) is 0. The zero-order chi connectivity index (χ0) is 29.1. The summed E-state index contributed by atoms with van der Waals surface area (Å²) in [5.74, 6) is -2.85. The Kier molecular flexibility index (Phi) is 6.94. The van der Waals surface area contributed by atoms with E-state index in [-0.39, 0.29) is 5.69 Å². The largest absolute Gasteiger partial charge is 0.469 e. The lowest BCUT2D eigenvalue weighted by atomic mass is 9.87. The molecule has 2 aromatic heterocycles. The van der Waals surface area contributed by atoms with E-state index in [1.165, 1.54) is 23.0 Å². The number of nitrogens with one attached hydrogen (secondary N) is 1. The minimum Gasteiger partial charge on any atom is -0.469 e. The Morgan fingerprint density at radius 2 is 1.78 bits per heavy atom. The van der Waals surface area contributed by atoms with E-state index < -0.39 is 58.0 Å². The minimum atomic E-state index is -4.59. The molecule has 1 saturated heterocycles. The molecule has 1 fully saturated rings. The molecule has 0 saturated carbocycles. The molecule has 4 aromatic rings. The van der Waals surface area contributed by atoms with Crippen LogP contribution in [0.25, 0.3) is 0 Å². The monoisotopic (exact) mass is 663 g/mol. The van der Waals surface area contributed by atoms with Crippen molar-refractivity contribution in [1.82, 2.24) is 4.57 Å². The van der Waals surface area contributed by atoms with Gasteiger partial charge in [-0.2, -0.15) is 13.2 Å². The first kappa shape index (κ1) is 27.5. The molecule has 8 nitrogen and oxygen atoms in total. The van der Waals surface area contributed by atoms with Crippen molar-refractivity contribution in [3.63, 3.8) is 0 Å². The number of imide groups is 1. The summed E-state index contributed by atoms with van der Waals surface area (Å²) in [5, 5.41) is 1.84. The summed E-state index contributed by atoms with van der Waals surface area (Å²) in [5.41, 5.74) is -0.606. The maximum Gasteiger partial charge on any atom is 0.416 e. The molecule has 0 bridgehead atoms. The summed E-state index contributed by atoms with van der Waals surface area (Å²) in [6.45, 7) is -0.505. The highest BCUT2D eigenvalue weighted by atomic mass is 79.9. The molecule has 0 spiro atoms. The van der Waals surface area contributed by atoms with Gasteiger partial charge in [-0.05, 0) is 54.6 Å². The van der Waals surface area contributed by atoms with E-state index in [9.17, 15) is 32.3 Å². The van der Waals surface area contributed by atoms with Gasteiger partial charge in [0.25, 0.3) is 0 Å². The fraction of sp³-hybridized carbons (Fsp3) is 0.185. The number of fused-ring (bicyclic) bond motifs is 2. The van der Waals surface area contributed by atoms with E-state index in [4.69, 9.17) is 4.42 Å². The molecule has 3 amide bonds. The van der Waals surface area contributed by atoms with E-state index in [2.05, 4.69) is 21.2 Å². The number of hydrogen-bond acceptors (Lipinski definition) is 7. The number of carbonyl (C=O) groups excluding carboxylic acids is 3. The maximum absolute atomic E-state index is 13.7. The van der Waals surface area contributed by atoms with Gasteiger partial charge in [-0.15, -0.1) is 0 Å². The van der Waals surface area contributed by atoms with Gasteiger partial charge in [0, 0.05) is 10.2 Å². The molecule has 4 heterocycles. The Bertz CT molecular complexity index is 1730. The second-order valence-electron chi connectivity index (χ2n) is 9.30. The number of benzene rings is 2. The normalized spacial score (nSPS) is 20.2. The highest BCUT2D eigenvalue weighted by Gasteiger charge is 2.57. The van der Waals surface area contributed by atoms with Gasteiger partial charge in [-0.25, -0.2) is 4.90 Å². The van der Waals surface area contributed by atoms with Gasteiger partial charge in [0.05, 0.1) is 39.3 Å². The molecule has 2 aliphatic heterocycles. The van der Waals surface area contributed by atoms with Crippen molar-refractivity contribution in [2.45, 2.75) is 28.9 Å². The molecule has 210 valence electrons. The number of thioether (sulfide) groups is 1. The predicted molar refractivity (Wildman–Crippen MR) is 149 cm³/mol. The van der Waals surface area contributed by atoms with Gasteiger partial charge < -0.3 is 9.73 Å². The number of furan rings is 1. The zero-order valence-corrected chi connectivity index (χ0v) is 23.8. The van der Waals surface area contributed by atoms with Crippen LogP contribution in [-0.2, 0) is 27.1 Å². The molecule has 2 unspecified atom stereocenters. The van der Waals surface area contributed by atoms with Gasteiger partial charge >= 0.3 is 11.0 Å². The van der Waals surface area contributed by atoms with Crippen molar-refractivity contribution < 1.29 is 32.0 Å². The minimum absolute atomic E-state index is 0.0788. The van der Waals surface area contributed by atoms with Crippen LogP contribution in [0.15, 0.2) is 85.6 Å². The quantitative estimate of drug-likeness (QED) is 0.274. The van der Waals surface area contributed by atoms with Crippen LogP contribution in [0.5, 0.6) is 0 Å². The van der Waals surface area contributed by atoms with Crippen molar-refractivity contribution in [2.75, 3.05) is 10.2 Å². The molecular weight excluding hydrogens is 647 g/mol. The average molecular weight is 664 g/mol. The highest BCUT2D eigenvalue weighted by molar-refractivity contribution is 9.10. The van der Waals surface area contributed by atoms with E-state index in [0.29, 0.717) is 21.4 Å². The van der Waals surface area contributed by atoms with Crippen LogP contribution >= 0.6 is 39.0 Å². The van der Waals surface area contributed by atoms with E-state index >= 15 is 0 Å². The second kappa shape index (κ2) is 10.3. The zero-order valence-electron chi connectivity index (χ0n) is 20.6. The van der Waals surface area contributed by atoms with Crippen molar-refractivity contribution in [3.8, 4) is 0 Å². The van der Waals surface area contributed by atoms with Crippen molar-refractivity contribution >= 4 is 68.1 Å². The molecule has 6 rings (SSSR count). The summed E-state index contributed by atoms with van der Waals surface area (Å²) >= 11 is 5.21. The van der Waals surface area contributed by atoms with Crippen LogP contribution < -0.4 is 15.1 Å². The van der Waals surface area contributed by atoms with Crippen LogP contribution in [0.4, 0.5) is 24.5 Å². The number of amides is 3. The third-order valence-corrected chi connectivity index (χ3v) is 9.89. The Morgan fingerprint density at radius 3 is 2.46 bits per heavy atom. The molecule has 0 aliphatic carbocycles. The lowest BCUT2D eigenvalue weighted by Gasteiger charge is -2.29. The fourth-order valence-electron chi connectivity index (χ4n) is 4.99. The number of aromatic nitrogens is 1. The number of rotatable bonds is 5. The highest BCUT2D eigenvalue weighted by Crippen LogP contribution is 2.54. The van der Waals surface area contributed by atoms with Crippen LogP contribution in [-0.4, -0.2) is 27.5 Å². The molecule has 3 atom stereocenters. The Hall–Kier alpha value is -3.62. The number of alkyl halides is 3. The molecule has 0 radical (unpaired) electrons. The number of halogens is 4. The second-order valence-corrected chi connectivity index (χ2v) is 12.3. The number of nitrogens with zero attached hydrogens (tertiary/aromatic N) is 2. The van der Waals surface area contributed by atoms with Crippen LogP contribution in [0.1, 0.15) is 22.1 Å². The molecule has 41 heavy (non-hydrogen) atoms. The van der Waals surface area contributed by atoms with Crippen molar-refractivity contribution in [1.29, 1.82) is 0 Å². The van der Waals surface area contributed by atoms with E-state index in [1.54, 1.807) is 36.4 Å². The smallest absolute Gasteiger partial charge is 0.416 e. The van der Waals surface area contributed by atoms with Gasteiger partial charge in [-0.1, -0.05) is 45.1 Å². The van der Waals surface area contributed by atoms with Crippen LogP contribution in [0.2, 0.25) is 0 Å². The number of carbonyl (C=O) groups is 3. The number of hydrogen-bond donors (Lipinski definition) is 1. The van der Waals surface area contributed by atoms with E-state index in [1.807, 2.05) is 0 Å². The van der Waals surface area contributed by atoms with Gasteiger partial charge in [0.15, 0.2) is 0 Å². The van der Waals surface area contributed by atoms with Crippen molar-refractivity contribution in [3.05, 3.63) is 97.3 Å². The third-order valence-electron chi connectivity index (χ3n) is 6.76. The van der Waals surface area contributed by atoms with Crippen LogP contribution in [0.3, 0.4) is 0 Å². The summed E-state index contributed by atoms with van der Waals surface area (Å²) < 4.78 is 46.9. The Morgan fingerprint density at radius 1 is 1.02 bits per heavy atom. The Labute approximate surface area is 246 Å². The van der Waals surface area contributed by atoms with Crippen molar-refractivity contribution in [2.24, 2.45) is 5.92 Å². The molecular formula is C27H17BrF3N3O5S2. The Balaban J connectivity index is 1.35. The first-order chi connectivity index (χ1) is 19.5. The third kappa shape index (κ3) is 4.93. The summed E-state index contributed by atoms with van der Waals surface area (Å²) in [4.78, 5) is 54.5. The predicted octanol–water partition coefficient (Wildman–Crippen LogP) is 5.72. The van der Waals surface area contributed by atoms with Gasteiger partial charge in [0.1, 0.15) is 17.6 Å². The van der Waals surface area contributed by atoms with E-state index in [0.717, 1.165) is 44.6 Å². The fourth-order valence-corrected chi connectivity index (χ4v) is 8.01. The standard InChI is InChI=1S/C27H17BrF3N3O5S2/c28-14-6-8-16(9-7-14)34-23(36)20-19(17-5-2-10-39-17)22-25(40-21(20)24(34)37)33(26(38)41-22)12-18(35)32-15-4-1-3-13(11-15)27(29,30)31/h1-11,19-21H,12H2,(H,32,35)/t19-,20?,21?/m1/s1. The summed E-state index contributed by atoms with van der Waals surface area (Å²) in [6, 6.07) is 14.2. The maximum atomic E-state index is 13.7. The first-order valence-electron chi connectivity index (χ1n) is 12.1. The average Bonchev–Trinajstić information content (AvgIpc) is 3.62. The first-order valence-corrected chi connectivity index (χ1v) is 14.6. The number of anilines is 2. The molecule has 2 aromatic carbocycles. The SMILES string of the molecule is O=C(Cn1c2c(sc1=O)[C@H](c1ccco1)C1C(=O)N(c3ccc(Br)cc3)C(=O)C1S2)Nc1cccc(C(F)(F)F)c1. The number of thiazole rings is 1. The summed E-state index contributed by atoms with van der Waals surface area (Å²) in [6.07, 6.45) is -3.16. The molecule has 14 heteroatoms. The van der Waals surface area contributed by atoms with Crippen LogP contribution in [0, 0.1) is 5.92 Å².